The summed E-state index contributed by atoms with van der Waals surface area (Å²) < 4.78 is 0. The number of nitrogens with one attached hydrogen (secondary N) is 1. The summed E-state index contributed by atoms with van der Waals surface area (Å²) in [4.78, 5) is 28.9. The Labute approximate surface area is 251 Å². The molecule has 202 valence electrons. The zero-order valence-electron chi connectivity index (χ0n) is 22.7. The molecule has 9 rings (SSSR count). The van der Waals surface area contributed by atoms with Gasteiger partial charge in [-0.3, -0.25) is 0 Å². The van der Waals surface area contributed by atoms with E-state index in [0.717, 1.165) is 88.5 Å². The Balaban J connectivity index is 0.00000278. The molecule has 0 aliphatic rings. The molecule has 1 N–H and O–H groups in total. The second-order valence-electron chi connectivity index (χ2n) is 10.4. The summed E-state index contributed by atoms with van der Waals surface area (Å²) in [5.41, 5.74) is 14.5. The maximum absolute atomic E-state index is 5.21. The molecule has 0 radical (unpaired) electrons. The molecule has 0 fully saturated rings. The number of para-hydroxylation sites is 8. The number of benzene rings is 6. The Morgan fingerprint density at radius 1 is 0.349 bits per heavy atom. The van der Waals surface area contributed by atoms with Crippen molar-refractivity contribution < 1.29 is 17.4 Å². The number of aromatic nitrogens is 6. The SMILES string of the molecule is [Cl-].c1ccc2nc3c(-c4ccc5nc6ccccc6nc5c4-c4cccc5nc6ccccc6[nH+]c45)cccc3nc2c1. The van der Waals surface area contributed by atoms with Crippen LogP contribution in [0.4, 0.5) is 0 Å². The Morgan fingerprint density at radius 2 is 0.860 bits per heavy atom. The van der Waals surface area contributed by atoms with E-state index < -0.39 is 0 Å². The molecule has 0 aliphatic heterocycles. The minimum absolute atomic E-state index is 0. The van der Waals surface area contributed by atoms with Crippen molar-refractivity contribution in [1.29, 1.82) is 0 Å². The maximum Gasteiger partial charge on any atom is 0.237 e. The van der Waals surface area contributed by atoms with Crippen molar-refractivity contribution in [2.75, 3.05) is 0 Å². The van der Waals surface area contributed by atoms with E-state index in [1.807, 2.05) is 84.9 Å². The van der Waals surface area contributed by atoms with Crippen LogP contribution in [0.1, 0.15) is 0 Å². The molecular formula is C36H21ClN6. The van der Waals surface area contributed by atoms with Crippen molar-refractivity contribution in [3.63, 3.8) is 0 Å². The predicted molar refractivity (Wildman–Crippen MR) is 168 cm³/mol. The number of aromatic amines is 1. The van der Waals surface area contributed by atoms with Crippen LogP contribution in [0.2, 0.25) is 0 Å². The molecule has 0 unspecified atom stereocenters. The third-order valence-corrected chi connectivity index (χ3v) is 7.89. The summed E-state index contributed by atoms with van der Waals surface area (Å²) in [7, 11) is 0. The van der Waals surface area contributed by atoms with Gasteiger partial charge < -0.3 is 12.4 Å². The second kappa shape index (κ2) is 9.76. The second-order valence-corrected chi connectivity index (χ2v) is 10.4. The molecule has 0 amide bonds. The fourth-order valence-electron chi connectivity index (χ4n) is 5.96. The van der Waals surface area contributed by atoms with Crippen LogP contribution in [0.3, 0.4) is 0 Å². The molecule has 3 aromatic heterocycles. The molecule has 0 atom stereocenters. The minimum atomic E-state index is 0. The first-order valence-electron chi connectivity index (χ1n) is 13.9. The molecule has 6 aromatic carbocycles. The number of halogens is 1. The molecule has 43 heavy (non-hydrogen) atoms. The summed E-state index contributed by atoms with van der Waals surface area (Å²) >= 11 is 0. The van der Waals surface area contributed by atoms with Gasteiger partial charge in [-0.25, -0.2) is 29.9 Å². The van der Waals surface area contributed by atoms with Gasteiger partial charge >= 0.3 is 0 Å². The van der Waals surface area contributed by atoms with Gasteiger partial charge in [-0.2, -0.15) is 0 Å². The van der Waals surface area contributed by atoms with Crippen molar-refractivity contribution in [1.82, 2.24) is 24.9 Å². The Bertz CT molecular complexity index is 2550. The minimum Gasteiger partial charge on any atom is -1.00 e. The van der Waals surface area contributed by atoms with Gasteiger partial charge in [0.15, 0.2) is 0 Å². The van der Waals surface area contributed by atoms with Crippen LogP contribution in [0.25, 0.3) is 88.5 Å². The zero-order chi connectivity index (χ0) is 27.6. The third kappa shape index (κ3) is 3.95. The standard InChI is InChI=1S/C36H20N6.ClH/c1-4-14-27-24(11-1)37-30-17-7-9-22(34(30)40-27)21-19-20-32-36(42-29-16-6-3-13-26(29)39-32)33(21)23-10-8-18-31-35(23)41-28-15-5-2-12-25(28)38-31;/h1-20H;1H. The van der Waals surface area contributed by atoms with Crippen LogP contribution >= 0.6 is 0 Å². The summed E-state index contributed by atoms with van der Waals surface area (Å²) in [6.07, 6.45) is 0. The van der Waals surface area contributed by atoms with Gasteiger partial charge in [0.2, 0.25) is 11.0 Å². The lowest BCUT2D eigenvalue weighted by Crippen LogP contribution is -3.00. The van der Waals surface area contributed by atoms with Crippen LogP contribution in [0, 0.1) is 0 Å². The van der Waals surface area contributed by atoms with E-state index in [1.54, 1.807) is 0 Å². The first-order valence-corrected chi connectivity index (χ1v) is 13.9. The summed E-state index contributed by atoms with van der Waals surface area (Å²) in [6, 6.07) is 40.7. The number of hydrogen-bond acceptors (Lipinski definition) is 5. The van der Waals surface area contributed by atoms with Crippen LogP contribution in [0.15, 0.2) is 121 Å². The molecule has 9 aromatic rings. The topological polar surface area (TPSA) is 78.6 Å². The summed E-state index contributed by atoms with van der Waals surface area (Å²) in [5, 5.41) is 0. The third-order valence-electron chi connectivity index (χ3n) is 7.89. The van der Waals surface area contributed by atoms with Crippen LogP contribution in [-0.4, -0.2) is 24.9 Å². The number of fused-ring (bicyclic) bond motifs is 6. The van der Waals surface area contributed by atoms with Gasteiger partial charge in [-0.05, 0) is 60.2 Å². The lowest BCUT2D eigenvalue weighted by atomic mass is 9.91. The van der Waals surface area contributed by atoms with E-state index in [4.69, 9.17) is 24.9 Å². The van der Waals surface area contributed by atoms with Crippen molar-refractivity contribution in [2.24, 2.45) is 0 Å². The molecule has 0 spiro atoms. The van der Waals surface area contributed by atoms with E-state index in [0.29, 0.717) is 0 Å². The highest BCUT2D eigenvalue weighted by molar-refractivity contribution is 6.10. The number of hydrogen-bond donors (Lipinski definition) is 0. The first kappa shape index (κ1) is 25.1. The Kier molecular flexibility index (Phi) is 5.70. The van der Waals surface area contributed by atoms with E-state index >= 15 is 0 Å². The Hall–Kier alpha value is -5.59. The zero-order valence-corrected chi connectivity index (χ0v) is 23.4. The van der Waals surface area contributed by atoms with Crippen LogP contribution in [-0.2, 0) is 0 Å². The van der Waals surface area contributed by atoms with Crippen molar-refractivity contribution in [2.45, 2.75) is 0 Å². The van der Waals surface area contributed by atoms with Crippen molar-refractivity contribution >= 4 is 66.2 Å². The van der Waals surface area contributed by atoms with E-state index in [2.05, 4.69) is 41.4 Å². The smallest absolute Gasteiger partial charge is 0.237 e. The predicted octanol–water partition coefficient (Wildman–Crippen LogP) is 4.73. The highest BCUT2D eigenvalue weighted by Gasteiger charge is 2.22. The largest absolute Gasteiger partial charge is 1.00 e. The van der Waals surface area contributed by atoms with E-state index in [1.165, 1.54) is 0 Å². The molecule has 0 aliphatic carbocycles. The van der Waals surface area contributed by atoms with Crippen LogP contribution in [0.5, 0.6) is 0 Å². The van der Waals surface area contributed by atoms with E-state index in [-0.39, 0.29) is 12.4 Å². The van der Waals surface area contributed by atoms with Gasteiger partial charge in [0.25, 0.3) is 0 Å². The summed E-state index contributed by atoms with van der Waals surface area (Å²) in [6.45, 7) is 0. The quantitative estimate of drug-likeness (QED) is 0.280. The fraction of sp³-hybridized carbons (Fsp3) is 0. The average Bonchev–Trinajstić information content (AvgIpc) is 3.04. The maximum atomic E-state index is 5.21. The summed E-state index contributed by atoms with van der Waals surface area (Å²) in [5.74, 6) is 0. The molecule has 6 nitrogen and oxygen atoms in total. The highest BCUT2D eigenvalue weighted by atomic mass is 35.5. The number of rotatable bonds is 2. The fourth-order valence-corrected chi connectivity index (χ4v) is 5.96. The van der Waals surface area contributed by atoms with Gasteiger partial charge in [0, 0.05) is 17.2 Å². The van der Waals surface area contributed by atoms with Gasteiger partial charge in [0.1, 0.15) is 11.0 Å². The lowest BCUT2D eigenvalue weighted by Gasteiger charge is -2.15. The number of H-pyrrole nitrogens is 1. The van der Waals surface area contributed by atoms with Gasteiger partial charge in [-0.1, -0.05) is 60.7 Å². The van der Waals surface area contributed by atoms with Gasteiger partial charge in [0.05, 0.1) is 49.7 Å². The average molecular weight is 573 g/mol. The number of nitrogens with zero attached hydrogens (tertiary/aromatic N) is 5. The van der Waals surface area contributed by atoms with E-state index in [9.17, 15) is 0 Å². The molecule has 0 bridgehead atoms. The molecule has 0 saturated heterocycles. The molecule has 7 heteroatoms. The first-order chi connectivity index (χ1) is 20.8. The molecule has 0 saturated carbocycles. The van der Waals surface area contributed by atoms with Crippen molar-refractivity contribution in [3.05, 3.63) is 121 Å². The molecular weight excluding hydrogens is 552 g/mol. The normalized spacial score (nSPS) is 11.5. The lowest BCUT2D eigenvalue weighted by molar-refractivity contribution is -0.310. The van der Waals surface area contributed by atoms with Crippen molar-refractivity contribution in [3.8, 4) is 22.3 Å². The van der Waals surface area contributed by atoms with Crippen LogP contribution < -0.4 is 17.4 Å². The molecule has 3 heterocycles. The monoisotopic (exact) mass is 572 g/mol. The highest BCUT2D eigenvalue weighted by Crippen LogP contribution is 2.41. The van der Waals surface area contributed by atoms with Gasteiger partial charge in [-0.15, -0.1) is 0 Å². The Morgan fingerprint density at radius 3 is 1.58 bits per heavy atom.